The fraction of sp³-hybridized carbons (Fsp3) is 0.357. The molecule has 1 N–H and O–H groups in total. The van der Waals surface area contributed by atoms with Crippen LogP contribution in [0.4, 0.5) is 0 Å². The SMILES string of the molecule is CCC1C(=O)NC(=O)CN1C(=O)c1ccc(Br)cc1OC. The number of imide groups is 1. The van der Waals surface area contributed by atoms with E-state index >= 15 is 0 Å². The molecule has 6 nitrogen and oxygen atoms in total. The molecule has 0 aromatic heterocycles. The average Bonchev–Trinajstić information content (AvgIpc) is 2.45. The van der Waals surface area contributed by atoms with Crippen molar-refractivity contribution in [1.29, 1.82) is 0 Å². The predicted molar refractivity (Wildman–Crippen MR) is 79.0 cm³/mol. The number of benzene rings is 1. The molecule has 0 spiro atoms. The minimum atomic E-state index is -0.649. The van der Waals surface area contributed by atoms with Gasteiger partial charge < -0.3 is 9.64 Å². The van der Waals surface area contributed by atoms with Crippen molar-refractivity contribution in [3.63, 3.8) is 0 Å². The van der Waals surface area contributed by atoms with Gasteiger partial charge in [-0.2, -0.15) is 0 Å². The van der Waals surface area contributed by atoms with Crippen LogP contribution < -0.4 is 10.1 Å². The number of nitrogens with zero attached hydrogens (tertiary/aromatic N) is 1. The first kappa shape index (κ1) is 15.5. The molecule has 1 saturated heterocycles. The van der Waals surface area contributed by atoms with E-state index in [0.29, 0.717) is 17.7 Å². The molecule has 21 heavy (non-hydrogen) atoms. The molecule has 1 heterocycles. The van der Waals surface area contributed by atoms with E-state index in [4.69, 9.17) is 4.74 Å². The molecule has 1 atom stereocenters. The summed E-state index contributed by atoms with van der Waals surface area (Å²) in [6.07, 6.45) is 0.434. The number of hydrogen-bond acceptors (Lipinski definition) is 4. The van der Waals surface area contributed by atoms with Crippen molar-refractivity contribution in [1.82, 2.24) is 10.2 Å². The normalized spacial score (nSPS) is 18.4. The zero-order valence-electron chi connectivity index (χ0n) is 11.7. The van der Waals surface area contributed by atoms with Crippen LogP contribution in [0.3, 0.4) is 0 Å². The highest BCUT2D eigenvalue weighted by atomic mass is 79.9. The van der Waals surface area contributed by atoms with Gasteiger partial charge in [-0.15, -0.1) is 0 Å². The Morgan fingerprint density at radius 1 is 1.48 bits per heavy atom. The molecule has 3 amide bonds. The Labute approximate surface area is 130 Å². The molecule has 0 bridgehead atoms. The van der Waals surface area contributed by atoms with E-state index in [1.165, 1.54) is 12.0 Å². The summed E-state index contributed by atoms with van der Waals surface area (Å²) in [5, 5.41) is 2.24. The second-order valence-corrected chi connectivity index (χ2v) is 5.53. The van der Waals surface area contributed by atoms with Crippen LogP contribution in [0.5, 0.6) is 5.75 Å². The Morgan fingerprint density at radius 3 is 2.81 bits per heavy atom. The second-order valence-electron chi connectivity index (χ2n) is 4.61. The van der Waals surface area contributed by atoms with E-state index in [-0.39, 0.29) is 6.54 Å². The number of ether oxygens (including phenoxy) is 1. The van der Waals surface area contributed by atoms with Crippen LogP contribution in [0.25, 0.3) is 0 Å². The van der Waals surface area contributed by atoms with Crippen molar-refractivity contribution >= 4 is 33.7 Å². The Balaban J connectivity index is 2.37. The molecular formula is C14H15BrN2O4. The number of amides is 3. The van der Waals surface area contributed by atoms with E-state index in [1.54, 1.807) is 25.1 Å². The van der Waals surface area contributed by atoms with Gasteiger partial charge in [-0.3, -0.25) is 19.7 Å². The van der Waals surface area contributed by atoms with E-state index in [0.717, 1.165) is 4.47 Å². The van der Waals surface area contributed by atoms with E-state index < -0.39 is 23.8 Å². The average molecular weight is 355 g/mol. The Bertz CT molecular complexity index is 603. The number of hydrogen-bond donors (Lipinski definition) is 1. The lowest BCUT2D eigenvalue weighted by molar-refractivity contribution is -0.138. The predicted octanol–water partition coefficient (Wildman–Crippen LogP) is 1.33. The van der Waals surface area contributed by atoms with Gasteiger partial charge in [0.15, 0.2) is 0 Å². The number of nitrogens with one attached hydrogen (secondary N) is 1. The number of carbonyl (C=O) groups excluding carboxylic acids is 3. The van der Waals surface area contributed by atoms with Crippen LogP contribution in [0.2, 0.25) is 0 Å². The molecule has 1 aromatic rings. The van der Waals surface area contributed by atoms with Gasteiger partial charge in [0.25, 0.3) is 5.91 Å². The third-order valence-electron chi connectivity index (χ3n) is 3.30. The third kappa shape index (κ3) is 3.07. The molecule has 0 saturated carbocycles. The molecule has 1 aliphatic heterocycles. The van der Waals surface area contributed by atoms with Crippen molar-refractivity contribution in [2.45, 2.75) is 19.4 Å². The molecule has 1 fully saturated rings. The minimum absolute atomic E-state index is 0.137. The third-order valence-corrected chi connectivity index (χ3v) is 3.79. The lowest BCUT2D eigenvalue weighted by atomic mass is 10.1. The van der Waals surface area contributed by atoms with E-state index in [2.05, 4.69) is 21.2 Å². The summed E-state index contributed by atoms with van der Waals surface area (Å²) in [5.41, 5.74) is 0.321. The molecule has 112 valence electrons. The number of piperazine rings is 1. The maximum absolute atomic E-state index is 12.6. The van der Waals surface area contributed by atoms with Gasteiger partial charge >= 0.3 is 0 Å². The van der Waals surface area contributed by atoms with Gasteiger partial charge in [0.05, 0.1) is 12.7 Å². The summed E-state index contributed by atoms with van der Waals surface area (Å²) in [7, 11) is 1.46. The largest absolute Gasteiger partial charge is 0.496 e. The zero-order chi connectivity index (χ0) is 15.6. The lowest BCUT2D eigenvalue weighted by Gasteiger charge is -2.33. The fourth-order valence-corrected chi connectivity index (χ4v) is 2.62. The summed E-state index contributed by atoms with van der Waals surface area (Å²) in [4.78, 5) is 37.3. The van der Waals surface area contributed by atoms with Crippen LogP contribution in [0.1, 0.15) is 23.7 Å². The summed E-state index contributed by atoms with van der Waals surface area (Å²) in [5.74, 6) is -0.927. The maximum atomic E-state index is 12.6. The summed E-state index contributed by atoms with van der Waals surface area (Å²) < 4.78 is 5.97. The van der Waals surface area contributed by atoms with Gasteiger partial charge in [-0.1, -0.05) is 22.9 Å². The monoisotopic (exact) mass is 354 g/mol. The second kappa shape index (κ2) is 6.26. The summed E-state index contributed by atoms with van der Waals surface area (Å²) >= 11 is 3.30. The van der Waals surface area contributed by atoms with Crippen LogP contribution in [-0.4, -0.2) is 42.3 Å². The first-order valence-electron chi connectivity index (χ1n) is 6.46. The molecule has 1 aromatic carbocycles. The van der Waals surface area contributed by atoms with Crippen molar-refractivity contribution in [3.05, 3.63) is 28.2 Å². The number of methoxy groups -OCH3 is 1. The Hall–Kier alpha value is -1.89. The number of carbonyl (C=O) groups is 3. The van der Waals surface area contributed by atoms with Gasteiger partial charge in [-0.05, 0) is 24.6 Å². The van der Waals surface area contributed by atoms with Crippen LogP contribution in [-0.2, 0) is 9.59 Å². The molecule has 1 aliphatic rings. The first-order valence-corrected chi connectivity index (χ1v) is 7.25. The summed E-state index contributed by atoms with van der Waals surface area (Å²) in [6, 6.07) is 4.33. The molecular weight excluding hydrogens is 340 g/mol. The van der Waals surface area contributed by atoms with Gasteiger partial charge in [0.2, 0.25) is 11.8 Å². The van der Waals surface area contributed by atoms with Gasteiger partial charge in [0, 0.05) is 4.47 Å². The number of halogens is 1. The van der Waals surface area contributed by atoms with Crippen molar-refractivity contribution < 1.29 is 19.1 Å². The van der Waals surface area contributed by atoms with Crippen LogP contribution >= 0.6 is 15.9 Å². The van der Waals surface area contributed by atoms with Gasteiger partial charge in [-0.25, -0.2) is 0 Å². The maximum Gasteiger partial charge on any atom is 0.258 e. The Morgan fingerprint density at radius 2 is 2.19 bits per heavy atom. The smallest absolute Gasteiger partial charge is 0.258 e. The summed E-state index contributed by atoms with van der Waals surface area (Å²) in [6.45, 7) is 1.65. The highest BCUT2D eigenvalue weighted by Crippen LogP contribution is 2.26. The highest BCUT2D eigenvalue weighted by Gasteiger charge is 2.36. The molecule has 2 rings (SSSR count). The van der Waals surface area contributed by atoms with Crippen molar-refractivity contribution in [2.24, 2.45) is 0 Å². The molecule has 0 aliphatic carbocycles. The van der Waals surface area contributed by atoms with Gasteiger partial charge in [0.1, 0.15) is 18.3 Å². The van der Waals surface area contributed by atoms with Crippen LogP contribution in [0.15, 0.2) is 22.7 Å². The van der Waals surface area contributed by atoms with E-state index in [9.17, 15) is 14.4 Å². The lowest BCUT2D eigenvalue weighted by Crippen LogP contribution is -2.59. The first-order chi connectivity index (χ1) is 9.97. The zero-order valence-corrected chi connectivity index (χ0v) is 13.3. The highest BCUT2D eigenvalue weighted by molar-refractivity contribution is 9.10. The molecule has 7 heteroatoms. The van der Waals surface area contributed by atoms with E-state index in [1.807, 2.05) is 0 Å². The Kier molecular flexibility index (Phi) is 4.62. The van der Waals surface area contributed by atoms with Crippen LogP contribution in [0, 0.1) is 0 Å². The number of rotatable bonds is 3. The molecule has 0 radical (unpaired) electrons. The fourth-order valence-electron chi connectivity index (χ4n) is 2.28. The van der Waals surface area contributed by atoms with Crippen molar-refractivity contribution in [2.75, 3.05) is 13.7 Å². The minimum Gasteiger partial charge on any atom is -0.496 e. The standard InChI is InChI=1S/C14H15BrN2O4/c1-3-10-13(19)16-12(18)7-17(10)14(20)9-5-4-8(15)6-11(9)21-2/h4-6,10H,3,7H2,1-2H3,(H,16,18,19). The quantitative estimate of drug-likeness (QED) is 0.831. The van der Waals surface area contributed by atoms with Crippen molar-refractivity contribution in [3.8, 4) is 5.75 Å². The topological polar surface area (TPSA) is 75.7 Å². The molecule has 1 unspecified atom stereocenters.